The zero-order valence-corrected chi connectivity index (χ0v) is 23.4. The lowest BCUT2D eigenvalue weighted by Gasteiger charge is -2.09. The highest BCUT2D eigenvalue weighted by molar-refractivity contribution is 6.30. The Balaban J connectivity index is 1.30. The van der Waals surface area contributed by atoms with Crippen LogP contribution in [-0.4, -0.2) is 19.4 Å². The van der Waals surface area contributed by atoms with E-state index in [2.05, 4.69) is 77.2 Å². The first-order valence-corrected chi connectivity index (χ1v) is 14.7. The van der Waals surface area contributed by atoms with Gasteiger partial charge in [0.15, 0.2) is 11.4 Å². The van der Waals surface area contributed by atoms with Gasteiger partial charge >= 0.3 is 0 Å². The molecule has 10 aromatic rings. The first kappa shape index (κ1) is 23.5. The van der Waals surface area contributed by atoms with E-state index < -0.39 is 0 Å². The van der Waals surface area contributed by atoms with Crippen LogP contribution in [0.1, 0.15) is 0 Å². The van der Waals surface area contributed by atoms with E-state index in [-0.39, 0.29) is 0 Å². The van der Waals surface area contributed by atoms with Gasteiger partial charge in [-0.1, -0.05) is 84.9 Å². The molecule has 0 radical (unpaired) electrons. The first-order chi connectivity index (χ1) is 21.8. The van der Waals surface area contributed by atoms with Crippen molar-refractivity contribution < 1.29 is 4.42 Å². The van der Waals surface area contributed by atoms with Crippen LogP contribution in [-0.2, 0) is 0 Å². The van der Waals surface area contributed by atoms with Crippen molar-refractivity contribution in [3.63, 3.8) is 0 Å². The predicted molar refractivity (Wildman–Crippen MR) is 178 cm³/mol. The molecule has 0 fully saturated rings. The Morgan fingerprint density at radius 1 is 0.477 bits per heavy atom. The van der Waals surface area contributed by atoms with Gasteiger partial charge in [-0.05, 0) is 48.5 Å². The number of aromatic nitrogens is 4. The summed E-state index contributed by atoms with van der Waals surface area (Å²) in [6, 6.07) is 45.9. The maximum Gasteiger partial charge on any atom is 0.227 e. The van der Waals surface area contributed by atoms with Crippen LogP contribution in [0.3, 0.4) is 0 Å². The molecular weight excluding hydrogens is 540 g/mol. The third kappa shape index (κ3) is 3.21. The van der Waals surface area contributed by atoms with Crippen LogP contribution in [0.5, 0.6) is 0 Å². The fourth-order valence-corrected chi connectivity index (χ4v) is 6.81. The van der Waals surface area contributed by atoms with E-state index in [4.69, 9.17) is 19.4 Å². The van der Waals surface area contributed by atoms with Crippen LogP contribution in [0.15, 0.2) is 138 Å². The Morgan fingerprint density at radius 2 is 1.18 bits per heavy atom. The third-order valence-electron chi connectivity index (χ3n) is 8.75. The summed E-state index contributed by atoms with van der Waals surface area (Å²) >= 11 is 0. The summed E-state index contributed by atoms with van der Waals surface area (Å²) in [7, 11) is 0. The van der Waals surface area contributed by atoms with E-state index in [1.165, 1.54) is 16.3 Å². The Bertz CT molecular complexity index is 2710. The topological polar surface area (TPSA) is 56.2 Å². The van der Waals surface area contributed by atoms with E-state index in [1.807, 2.05) is 60.7 Å². The van der Waals surface area contributed by atoms with Gasteiger partial charge in [-0.3, -0.25) is 0 Å². The number of nitrogens with zero attached hydrogens (tertiary/aromatic N) is 4. The van der Waals surface area contributed by atoms with Gasteiger partial charge in [-0.2, -0.15) is 0 Å². The Labute approximate surface area is 251 Å². The Hall–Kier alpha value is -6.07. The second-order valence-corrected chi connectivity index (χ2v) is 11.2. The van der Waals surface area contributed by atoms with Crippen LogP contribution in [0, 0.1) is 0 Å². The van der Waals surface area contributed by atoms with Crippen molar-refractivity contribution in [2.75, 3.05) is 0 Å². The van der Waals surface area contributed by atoms with Crippen molar-refractivity contribution in [3.8, 4) is 34.1 Å². The summed E-state index contributed by atoms with van der Waals surface area (Å²) in [4.78, 5) is 15.2. The molecule has 0 aliphatic carbocycles. The molecule has 0 saturated carbocycles. The van der Waals surface area contributed by atoms with Gasteiger partial charge in [0.2, 0.25) is 5.89 Å². The summed E-state index contributed by atoms with van der Waals surface area (Å²) in [6.07, 6.45) is 0. The summed E-state index contributed by atoms with van der Waals surface area (Å²) in [5, 5.41) is 5.56. The lowest BCUT2D eigenvalue weighted by molar-refractivity contribution is 0.623. The van der Waals surface area contributed by atoms with Crippen LogP contribution in [0.25, 0.3) is 94.2 Å². The fraction of sp³-hybridized carbons (Fsp3) is 0. The largest absolute Gasteiger partial charge is 0.435 e. The van der Waals surface area contributed by atoms with Crippen molar-refractivity contribution in [2.45, 2.75) is 0 Å². The van der Waals surface area contributed by atoms with Crippen molar-refractivity contribution in [2.24, 2.45) is 0 Å². The van der Waals surface area contributed by atoms with Crippen molar-refractivity contribution >= 4 is 60.1 Å². The molecule has 4 heterocycles. The van der Waals surface area contributed by atoms with Crippen molar-refractivity contribution in [1.82, 2.24) is 19.4 Å². The highest BCUT2D eigenvalue weighted by atomic mass is 16.3. The summed E-state index contributed by atoms with van der Waals surface area (Å²) in [5.41, 5.74) is 9.89. The molecule has 44 heavy (non-hydrogen) atoms. The Kier molecular flexibility index (Phi) is 4.66. The highest BCUT2D eigenvalue weighted by Crippen LogP contribution is 2.44. The summed E-state index contributed by atoms with van der Waals surface area (Å²) in [6.45, 7) is 0. The second-order valence-electron chi connectivity index (χ2n) is 11.2. The number of fused-ring (bicyclic) bond motifs is 9. The van der Waals surface area contributed by atoms with Crippen LogP contribution < -0.4 is 0 Å². The SMILES string of the molecule is c1ccc(-c2nc3cc4c5ccccc5n5c6ccc(-c7nc(-c8ccccc8)c8ccccc8n7)cc6c(c3o2)c45)cc1. The quantitative estimate of drug-likeness (QED) is 0.215. The van der Waals surface area contributed by atoms with E-state index in [0.717, 1.165) is 66.2 Å². The van der Waals surface area contributed by atoms with Crippen LogP contribution >= 0.6 is 0 Å². The molecule has 0 saturated heterocycles. The van der Waals surface area contributed by atoms with Gasteiger partial charge in [0, 0.05) is 38.2 Å². The Morgan fingerprint density at radius 3 is 2.02 bits per heavy atom. The lowest BCUT2D eigenvalue weighted by Crippen LogP contribution is -1.95. The monoisotopic (exact) mass is 562 g/mol. The van der Waals surface area contributed by atoms with Gasteiger partial charge in [0.05, 0.1) is 33.1 Å². The standard InChI is InChI=1S/C39H22N4O/c1-3-11-23(12-4-1)35-27-16-7-9-17-30(27)40-38(42-35)25-19-20-33-29(21-25)34-36-28(26-15-8-10-18-32(26)43(33)36)22-31-37(34)44-39(41-31)24-13-5-2-6-14-24/h1-22H. The number of oxazole rings is 1. The van der Waals surface area contributed by atoms with Gasteiger partial charge in [0.25, 0.3) is 0 Å². The average molecular weight is 563 g/mol. The van der Waals surface area contributed by atoms with Crippen LogP contribution in [0.2, 0.25) is 0 Å². The highest BCUT2D eigenvalue weighted by Gasteiger charge is 2.24. The molecule has 5 heteroatoms. The maximum absolute atomic E-state index is 6.59. The van der Waals surface area contributed by atoms with E-state index in [9.17, 15) is 0 Å². The fourth-order valence-electron chi connectivity index (χ4n) is 6.81. The van der Waals surface area contributed by atoms with Crippen molar-refractivity contribution in [1.29, 1.82) is 0 Å². The first-order valence-electron chi connectivity index (χ1n) is 14.7. The zero-order valence-electron chi connectivity index (χ0n) is 23.4. The minimum atomic E-state index is 0.621. The summed E-state index contributed by atoms with van der Waals surface area (Å²) < 4.78 is 8.96. The third-order valence-corrected chi connectivity index (χ3v) is 8.75. The second kappa shape index (κ2) is 8.72. The smallest absolute Gasteiger partial charge is 0.227 e. The molecule has 0 amide bonds. The molecular formula is C39H22N4O. The normalized spacial score (nSPS) is 12.1. The van der Waals surface area contributed by atoms with Gasteiger partial charge < -0.3 is 8.82 Å². The molecule has 10 rings (SSSR count). The molecule has 4 aromatic heterocycles. The molecule has 0 spiro atoms. The minimum absolute atomic E-state index is 0.621. The molecule has 204 valence electrons. The van der Waals surface area contributed by atoms with Gasteiger partial charge in [-0.15, -0.1) is 0 Å². The molecule has 0 aliphatic rings. The maximum atomic E-state index is 6.59. The molecule has 5 nitrogen and oxygen atoms in total. The molecule has 0 unspecified atom stereocenters. The van der Waals surface area contributed by atoms with Gasteiger partial charge in [0.1, 0.15) is 5.52 Å². The van der Waals surface area contributed by atoms with E-state index >= 15 is 0 Å². The van der Waals surface area contributed by atoms with E-state index in [1.54, 1.807) is 0 Å². The number of para-hydroxylation sites is 2. The molecule has 0 bridgehead atoms. The number of benzene rings is 6. The number of rotatable bonds is 3. The molecule has 6 aromatic carbocycles. The lowest BCUT2D eigenvalue weighted by atomic mass is 10.0. The number of hydrogen-bond donors (Lipinski definition) is 0. The van der Waals surface area contributed by atoms with Gasteiger partial charge in [-0.25, -0.2) is 15.0 Å². The zero-order chi connectivity index (χ0) is 28.8. The van der Waals surface area contributed by atoms with Crippen LogP contribution in [0.4, 0.5) is 0 Å². The molecule has 0 N–H and O–H groups in total. The molecule has 0 atom stereocenters. The number of hydrogen-bond acceptors (Lipinski definition) is 4. The summed E-state index contributed by atoms with van der Waals surface area (Å²) in [5.74, 6) is 1.31. The predicted octanol–water partition coefficient (Wildman–Crippen LogP) is 9.92. The van der Waals surface area contributed by atoms with Crippen molar-refractivity contribution in [3.05, 3.63) is 133 Å². The molecule has 0 aliphatic heterocycles. The average Bonchev–Trinajstić information content (AvgIpc) is 3.77. The van der Waals surface area contributed by atoms with E-state index in [0.29, 0.717) is 11.7 Å². The minimum Gasteiger partial charge on any atom is -0.435 e.